The summed E-state index contributed by atoms with van der Waals surface area (Å²) in [6.07, 6.45) is 0. The maximum atomic E-state index is 14.7. The Morgan fingerprint density at radius 2 is 1.70 bits per heavy atom. The molecule has 1 aliphatic rings. The molecule has 30 heavy (non-hydrogen) atoms. The van der Waals surface area contributed by atoms with Crippen molar-refractivity contribution in [3.05, 3.63) is 76.6 Å². The summed E-state index contributed by atoms with van der Waals surface area (Å²) in [5, 5.41) is 11.0. The molecule has 1 N–H and O–H groups in total. The van der Waals surface area contributed by atoms with Crippen molar-refractivity contribution in [1.82, 2.24) is 9.80 Å². The second-order valence-corrected chi connectivity index (χ2v) is 7.41. The van der Waals surface area contributed by atoms with E-state index in [0.29, 0.717) is 12.1 Å². The highest BCUT2D eigenvalue weighted by molar-refractivity contribution is 6.46. The molecule has 0 bridgehead atoms. The number of amides is 1. The van der Waals surface area contributed by atoms with Crippen LogP contribution in [0.3, 0.4) is 0 Å². The average Bonchev–Trinajstić information content (AvgIpc) is 2.99. The van der Waals surface area contributed by atoms with Crippen LogP contribution in [0.4, 0.5) is 4.39 Å². The van der Waals surface area contributed by atoms with Gasteiger partial charge in [-0.1, -0.05) is 61.9 Å². The number of nitrogens with zero attached hydrogens (tertiary/aromatic N) is 2. The quantitative estimate of drug-likeness (QED) is 0.427. The predicted octanol–water partition coefficient (Wildman–Crippen LogP) is 3.90. The van der Waals surface area contributed by atoms with Crippen LogP contribution in [0.5, 0.6) is 0 Å². The van der Waals surface area contributed by atoms with E-state index in [4.69, 9.17) is 0 Å². The van der Waals surface area contributed by atoms with Crippen molar-refractivity contribution in [2.75, 3.05) is 26.2 Å². The molecule has 1 saturated heterocycles. The van der Waals surface area contributed by atoms with E-state index in [1.165, 1.54) is 11.0 Å². The second-order valence-electron chi connectivity index (χ2n) is 7.41. The highest BCUT2D eigenvalue weighted by atomic mass is 19.1. The van der Waals surface area contributed by atoms with Crippen LogP contribution in [0.15, 0.2) is 54.1 Å². The highest BCUT2D eigenvalue weighted by Gasteiger charge is 2.46. The van der Waals surface area contributed by atoms with Gasteiger partial charge in [0.05, 0.1) is 11.6 Å². The van der Waals surface area contributed by atoms with Crippen molar-refractivity contribution >= 4 is 17.4 Å². The lowest BCUT2D eigenvalue weighted by Gasteiger charge is -2.28. The van der Waals surface area contributed by atoms with Gasteiger partial charge in [-0.15, -0.1) is 0 Å². The van der Waals surface area contributed by atoms with Crippen molar-refractivity contribution in [3.63, 3.8) is 0 Å². The van der Waals surface area contributed by atoms with Gasteiger partial charge in [0.2, 0.25) is 0 Å². The number of aliphatic hydroxyl groups is 1. The lowest BCUT2D eigenvalue weighted by atomic mass is 9.94. The summed E-state index contributed by atoms with van der Waals surface area (Å²) in [6, 6.07) is 12.1. The van der Waals surface area contributed by atoms with Crippen LogP contribution in [0.25, 0.3) is 5.76 Å². The Morgan fingerprint density at radius 1 is 1.07 bits per heavy atom. The van der Waals surface area contributed by atoms with Gasteiger partial charge in [0.1, 0.15) is 11.6 Å². The number of ketones is 1. The van der Waals surface area contributed by atoms with Crippen LogP contribution in [-0.4, -0.2) is 52.8 Å². The molecule has 5 nitrogen and oxygen atoms in total. The number of carbonyl (C=O) groups excluding carboxylic acids is 2. The molecule has 2 aromatic rings. The van der Waals surface area contributed by atoms with Gasteiger partial charge in [-0.05, 0) is 26.1 Å². The molecule has 1 fully saturated rings. The summed E-state index contributed by atoms with van der Waals surface area (Å²) < 4.78 is 14.7. The molecule has 0 aliphatic carbocycles. The molecule has 0 unspecified atom stereocenters. The smallest absolute Gasteiger partial charge is 0.295 e. The fraction of sp³-hybridized carbons (Fsp3) is 0.333. The SMILES string of the molecule is CCN(CC)CCN1C(=O)C(=O)/C(=C(/O)c2ccc(C)cc2)[C@@H]1c1ccccc1F. The molecule has 1 aliphatic heterocycles. The molecule has 1 heterocycles. The molecular weight excluding hydrogens is 383 g/mol. The first kappa shape index (κ1) is 21.7. The molecule has 1 atom stereocenters. The van der Waals surface area contributed by atoms with E-state index in [9.17, 15) is 19.1 Å². The van der Waals surface area contributed by atoms with Crippen LogP contribution in [0, 0.1) is 12.7 Å². The van der Waals surface area contributed by atoms with Gasteiger partial charge in [0.15, 0.2) is 0 Å². The van der Waals surface area contributed by atoms with Gasteiger partial charge in [0.25, 0.3) is 11.7 Å². The first-order chi connectivity index (χ1) is 14.4. The van der Waals surface area contributed by atoms with Gasteiger partial charge in [-0.2, -0.15) is 0 Å². The largest absolute Gasteiger partial charge is 0.507 e. The Balaban J connectivity index is 2.11. The second kappa shape index (κ2) is 9.22. The third kappa shape index (κ3) is 4.14. The summed E-state index contributed by atoms with van der Waals surface area (Å²) in [4.78, 5) is 29.3. The number of likely N-dealkylation sites (tertiary alicyclic amines) is 1. The zero-order valence-corrected chi connectivity index (χ0v) is 17.6. The lowest BCUT2D eigenvalue weighted by Crippen LogP contribution is -2.38. The maximum Gasteiger partial charge on any atom is 0.295 e. The molecule has 1 amide bonds. The van der Waals surface area contributed by atoms with E-state index in [2.05, 4.69) is 4.90 Å². The van der Waals surface area contributed by atoms with E-state index in [-0.39, 0.29) is 23.4 Å². The van der Waals surface area contributed by atoms with E-state index in [1.54, 1.807) is 30.3 Å². The minimum absolute atomic E-state index is 0.0755. The number of aliphatic hydroxyl groups excluding tert-OH is 1. The van der Waals surface area contributed by atoms with Crippen LogP contribution in [-0.2, 0) is 9.59 Å². The number of halogens is 1. The number of aryl methyl sites for hydroxylation is 1. The normalized spacial score (nSPS) is 18.4. The van der Waals surface area contributed by atoms with Gasteiger partial charge >= 0.3 is 0 Å². The van der Waals surface area contributed by atoms with E-state index in [0.717, 1.165) is 18.7 Å². The molecule has 158 valence electrons. The lowest BCUT2D eigenvalue weighted by molar-refractivity contribution is -0.140. The number of likely N-dealkylation sites (N-methyl/N-ethyl adjacent to an activating group) is 1. The Hall–Kier alpha value is -2.99. The first-order valence-corrected chi connectivity index (χ1v) is 10.2. The molecule has 3 rings (SSSR count). The van der Waals surface area contributed by atoms with Crippen LogP contribution in [0.2, 0.25) is 0 Å². The van der Waals surface area contributed by atoms with Crippen molar-refractivity contribution in [1.29, 1.82) is 0 Å². The van der Waals surface area contributed by atoms with Crippen molar-refractivity contribution in [2.45, 2.75) is 26.8 Å². The third-order valence-electron chi connectivity index (χ3n) is 5.62. The molecule has 0 aromatic heterocycles. The molecule has 2 aromatic carbocycles. The van der Waals surface area contributed by atoms with E-state index < -0.39 is 23.5 Å². The third-order valence-corrected chi connectivity index (χ3v) is 5.62. The van der Waals surface area contributed by atoms with Gasteiger partial charge < -0.3 is 14.9 Å². The minimum Gasteiger partial charge on any atom is -0.507 e. The number of hydrogen-bond acceptors (Lipinski definition) is 4. The molecule has 0 saturated carbocycles. The van der Waals surface area contributed by atoms with Crippen molar-refractivity contribution in [2.24, 2.45) is 0 Å². The summed E-state index contributed by atoms with van der Waals surface area (Å²) >= 11 is 0. The number of benzene rings is 2. The monoisotopic (exact) mass is 410 g/mol. The first-order valence-electron chi connectivity index (χ1n) is 10.2. The van der Waals surface area contributed by atoms with E-state index >= 15 is 0 Å². The summed E-state index contributed by atoms with van der Waals surface area (Å²) in [5.74, 6) is -2.32. The molecule has 6 heteroatoms. The zero-order chi connectivity index (χ0) is 21.8. The van der Waals surface area contributed by atoms with Crippen LogP contribution >= 0.6 is 0 Å². The zero-order valence-electron chi connectivity index (χ0n) is 17.6. The molecular formula is C24H27FN2O3. The van der Waals surface area contributed by atoms with Crippen molar-refractivity contribution < 1.29 is 19.1 Å². The Bertz CT molecular complexity index is 965. The Morgan fingerprint density at radius 3 is 2.30 bits per heavy atom. The van der Waals surface area contributed by atoms with Crippen molar-refractivity contribution in [3.8, 4) is 0 Å². The number of rotatable bonds is 7. The van der Waals surface area contributed by atoms with Gasteiger partial charge in [-0.3, -0.25) is 9.59 Å². The van der Waals surface area contributed by atoms with Crippen LogP contribution < -0.4 is 0 Å². The maximum absolute atomic E-state index is 14.7. The van der Waals surface area contributed by atoms with Gasteiger partial charge in [-0.25, -0.2) is 4.39 Å². The Labute approximate surface area is 176 Å². The average molecular weight is 410 g/mol. The fourth-order valence-corrected chi connectivity index (χ4v) is 3.79. The summed E-state index contributed by atoms with van der Waals surface area (Å²) in [5.41, 5.74) is 1.54. The number of Topliss-reactive ketones (excluding diaryl/α,β-unsaturated/α-hetero) is 1. The Kier molecular flexibility index (Phi) is 6.67. The van der Waals surface area contributed by atoms with Gasteiger partial charge in [0, 0.05) is 24.2 Å². The number of carbonyl (C=O) groups is 2. The molecule has 0 radical (unpaired) electrons. The number of hydrogen-bond donors (Lipinski definition) is 1. The fourth-order valence-electron chi connectivity index (χ4n) is 3.79. The topological polar surface area (TPSA) is 60.9 Å². The summed E-state index contributed by atoms with van der Waals surface area (Å²) in [7, 11) is 0. The highest BCUT2D eigenvalue weighted by Crippen LogP contribution is 2.40. The van der Waals surface area contributed by atoms with Crippen LogP contribution in [0.1, 0.15) is 36.6 Å². The summed E-state index contributed by atoms with van der Waals surface area (Å²) in [6.45, 7) is 8.36. The van der Waals surface area contributed by atoms with E-state index in [1.807, 2.05) is 32.9 Å². The minimum atomic E-state index is -0.969. The predicted molar refractivity (Wildman–Crippen MR) is 114 cm³/mol. The molecule has 0 spiro atoms. The standard InChI is InChI=1S/C24H27FN2O3/c1-4-26(5-2)14-15-27-21(18-8-6-7-9-19(18)25)20(23(29)24(27)30)22(28)17-12-10-16(3)11-13-17/h6-13,21,28H,4-5,14-15H2,1-3H3/b22-20+/t21-/m0/s1.